The van der Waals surface area contributed by atoms with Gasteiger partial charge in [0.2, 0.25) is 17.7 Å². The number of carbonyl (C=O) groups is 5. The number of esters is 2. The minimum absolute atomic E-state index is 0.0377. The highest BCUT2D eigenvalue weighted by Gasteiger charge is 2.53. The number of nitrogens with two attached hydrogens (primary N) is 1. The van der Waals surface area contributed by atoms with Gasteiger partial charge in [-0.15, -0.1) is 0 Å². The number of primary amides is 1. The molecular formula is C36H44N4O7. The molecule has 0 bridgehead atoms. The van der Waals surface area contributed by atoms with Crippen LogP contribution in [0.25, 0.3) is 0 Å². The molecule has 0 aromatic heterocycles. The Hall–Kier alpha value is -4.25. The van der Waals surface area contributed by atoms with E-state index in [1.54, 1.807) is 4.90 Å². The molecule has 3 amide bonds. The standard InChI is InChI=1S/C36H44N4O7/c1-35(2)27-12-6-7-13-28(27)40(34(35)45)26-16-20-38(21-17-26)33(44)29(15-14-24-10-4-3-5-11-24)39-19-9-8-18-36(39)46-30(41)22-25(32(37)43)23-31(42)47-36/h3-7,10-13,25-26,29H,8-9,14-23H2,1-2H3,(H2,37,43)/t25?,29-,36?/m0/s1. The summed E-state index contributed by atoms with van der Waals surface area (Å²) in [6.07, 6.45) is 3.16. The first-order chi connectivity index (χ1) is 22.5. The van der Waals surface area contributed by atoms with Gasteiger partial charge >= 0.3 is 17.8 Å². The number of hydrogen-bond donors (Lipinski definition) is 1. The number of para-hydroxylation sites is 1. The molecule has 0 radical (unpaired) electrons. The summed E-state index contributed by atoms with van der Waals surface area (Å²) in [6.45, 7) is 5.22. The van der Waals surface area contributed by atoms with Gasteiger partial charge in [0.15, 0.2) is 0 Å². The van der Waals surface area contributed by atoms with E-state index < -0.39 is 41.1 Å². The van der Waals surface area contributed by atoms with Gasteiger partial charge in [0.05, 0.1) is 30.2 Å². The molecular weight excluding hydrogens is 600 g/mol. The van der Waals surface area contributed by atoms with Crippen molar-refractivity contribution in [2.45, 2.75) is 95.0 Å². The van der Waals surface area contributed by atoms with Crippen molar-refractivity contribution in [2.75, 3.05) is 24.5 Å². The van der Waals surface area contributed by atoms with Crippen LogP contribution < -0.4 is 10.6 Å². The molecule has 11 nitrogen and oxygen atoms in total. The fourth-order valence-corrected chi connectivity index (χ4v) is 7.71. The van der Waals surface area contributed by atoms with Gasteiger partial charge in [-0.25, -0.2) is 4.90 Å². The average molecular weight is 645 g/mol. The van der Waals surface area contributed by atoms with Crippen LogP contribution in [0.5, 0.6) is 0 Å². The summed E-state index contributed by atoms with van der Waals surface area (Å²) in [5.41, 5.74) is 7.83. The van der Waals surface area contributed by atoms with Crippen molar-refractivity contribution in [1.29, 1.82) is 0 Å². The van der Waals surface area contributed by atoms with Gasteiger partial charge in [0.25, 0.3) is 0 Å². The van der Waals surface area contributed by atoms with Gasteiger partial charge < -0.3 is 25.0 Å². The highest BCUT2D eigenvalue weighted by atomic mass is 16.8. The van der Waals surface area contributed by atoms with Gasteiger partial charge in [-0.05, 0) is 69.6 Å². The molecule has 3 saturated heterocycles. The number of likely N-dealkylation sites (tertiary alicyclic amines) is 2. The van der Waals surface area contributed by atoms with Gasteiger partial charge in [-0.1, -0.05) is 48.5 Å². The summed E-state index contributed by atoms with van der Waals surface area (Å²) in [4.78, 5) is 71.7. The lowest BCUT2D eigenvalue weighted by Crippen LogP contribution is -2.65. The van der Waals surface area contributed by atoms with E-state index in [1.165, 1.54) is 0 Å². The maximum atomic E-state index is 14.6. The number of nitrogens with zero attached hydrogens (tertiary/aromatic N) is 3. The molecule has 0 unspecified atom stereocenters. The van der Waals surface area contributed by atoms with E-state index in [-0.39, 0.29) is 37.1 Å². The van der Waals surface area contributed by atoms with Crippen LogP contribution in [0.15, 0.2) is 54.6 Å². The molecule has 3 fully saturated rings. The topological polar surface area (TPSA) is 140 Å². The van der Waals surface area contributed by atoms with Crippen LogP contribution in [0.4, 0.5) is 5.69 Å². The molecule has 1 spiro atoms. The monoisotopic (exact) mass is 644 g/mol. The lowest BCUT2D eigenvalue weighted by atomic mass is 9.86. The first kappa shape index (κ1) is 32.7. The number of fused-ring (bicyclic) bond motifs is 1. The number of piperidine rings is 2. The Kier molecular flexibility index (Phi) is 9.11. The van der Waals surface area contributed by atoms with E-state index in [4.69, 9.17) is 15.2 Å². The zero-order valence-corrected chi connectivity index (χ0v) is 27.2. The molecule has 4 aliphatic heterocycles. The molecule has 2 aromatic carbocycles. The Morgan fingerprint density at radius 2 is 1.53 bits per heavy atom. The minimum atomic E-state index is -1.75. The summed E-state index contributed by atoms with van der Waals surface area (Å²) >= 11 is 0. The van der Waals surface area contributed by atoms with Crippen LogP contribution in [0.3, 0.4) is 0 Å². The van der Waals surface area contributed by atoms with Crippen molar-refractivity contribution in [3.63, 3.8) is 0 Å². The third-order valence-electron chi connectivity index (χ3n) is 10.3. The van der Waals surface area contributed by atoms with Crippen LogP contribution in [-0.4, -0.2) is 77.1 Å². The number of carbonyl (C=O) groups excluding carboxylic acids is 5. The molecule has 4 heterocycles. The van der Waals surface area contributed by atoms with Gasteiger partial charge in [-0.2, -0.15) is 0 Å². The highest BCUT2D eigenvalue weighted by Crippen LogP contribution is 2.44. The second-order valence-corrected chi connectivity index (χ2v) is 13.7. The van der Waals surface area contributed by atoms with Crippen molar-refractivity contribution in [3.05, 3.63) is 65.7 Å². The number of amides is 3. The largest absolute Gasteiger partial charge is 0.408 e. The zero-order chi connectivity index (χ0) is 33.3. The lowest BCUT2D eigenvalue weighted by Gasteiger charge is -2.49. The van der Waals surface area contributed by atoms with E-state index in [0.717, 1.165) is 23.2 Å². The lowest BCUT2D eigenvalue weighted by molar-refractivity contribution is -0.310. The average Bonchev–Trinajstić information content (AvgIpc) is 3.25. The maximum Gasteiger partial charge on any atom is 0.321 e. The Balaban J connectivity index is 1.24. The van der Waals surface area contributed by atoms with Crippen molar-refractivity contribution in [2.24, 2.45) is 11.7 Å². The molecule has 2 aromatic rings. The van der Waals surface area contributed by atoms with E-state index in [2.05, 4.69) is 0 Å². The van der Waals surface area contributed by atoms with Crippen molar-refractivity contribution in [1.82, 2.24) is 9.80 Å². The highest BCUT2D eigenvalue weighted by molar-refractivity contribution is 6.08. The van der Waals surface area contributed by atoms with E-state index in [9.17, 15) is 24.0 Å². The van der Waals surface area contributed by atoms with Gasteiger partial charge in [0, 0.05) is 37.8 Å². The maximum absolute atomic E-state index is 14.6. The summed E-state index contributed by atoms with van der Waals surface area (Å²) in [6, 6.07) is 17.0. The number of hydrogen-bond acceptors (Lipinski definition) is 8. The second kappa shape index (κ2) is 13.1. The Labute approximate surface area is 275 Å². The molecule has 1 atom stereocenters. The second-order valence-electron chi connectivity index (χ2n) is 13.7. The SMILES string of the molecule is CC1(C)C(=O)N(C2CCN(C(=O)[C@H](CCc3ccccc3)N3CCCCC34OC(=O)CC(C(N)=O)CC(=O)O4)CC2)c2ccccc21. The summed E-state index contributed by atoms with van der Waals surface area (Å²) in [5.74, 6) is -4.96. The number of anilines is 1. The summed E-state index contributed by atoms with van der Waals surface area (Å²) in [5, 5.41) is 0. The van der Waals surface area contributed by atoms with Crippen LogP contribution >= 0.6 is 0 Å². The van der Waals surface area contributed by atoms with Crippen LogP contribution in [0.2, 0.25) is 0 Å². The summed E-state index contributed by atoms with van der Waals surface area (Å²) in [7, 11) is 0. The molecule has 2 N–H and O–H groups in total. The van der Waals surface area contributed by atoms with Crippen LogP contribution in [-0.2, 0) is 45.3 Å². The third-order valence-corrected chi connectivity index (χ3v) is 10.3. The number of benzene rings is 2. The van der Waals surface area contributed by atoms with Crippen molar-refractivity contribution < 1.29 is 33.4 Å². The molecule has 0 aliphatic carbocycles. The van der Waals surface area contributed by atoms with Crippen molar-refractivity contribution in [3.8, 4) is 0 Å². The third kappa shape index (κ3) is 6.37. The molecule has 11 heteroatoms. The molecule has 250 valence electrons. The Morgan fingerprint density at radius 1 is 0.894 bits per heavy atom. The summed E-state index contributed by atoms with van der Waals surface area (Å²) < 4.78 is 11.8. The predicted octanol–water partition coefficient (Wildman–Crippen LogP) is 3.42. The molecule has 0 saturated carbocycles. The van der Waals surface area contributed by atoms with E-state index in [0.29, 0.717) is 51.7 Å². The molecule has 4 aliphatic rings. The number of ether oxygens (including phenoxy) is 2. The van der Waals surface area contributed by atoms with E-state index in [1.807, 2.05) is 78.2 Å². The minimum Gasteiger partial charge on any atom is -0.408 e. The van der Waals surface area contributed by atoms with Gasteiger partial charge in [0.1, 0.15) is 0 Å². The quantitative estimate of drug-likeness (QED) is 0.453. The first-order valence-corrected chi connectivity index (χ1v) is 16.8. The first-order valence-electron chi connectivity index (χ1n) is 16.8. The molecule has 47 heavy (non-hydrogen) atoms. The normalized spacial score (nSPS) is 25.8. The Morgan fingerprint density at radius 3 is 2.19 bits per heavy atom. The van der Waals surface area contributed by atoms with Gasteiger partial charge in [-0.3, -0.25) is 24.0 Å². The van der Waals surface area contributed by atoms with Crippen LogP contribution in [0, 0.1) is 5.92 Å². The Bertz CT molecular complexity index is 1510. The fourth-order valence-electron chi connectivity index (χ4n) is 7.71. The fraction of sp³-hybridized carbons (Fsp3) is 0.528. The van der Waals surface area contributed by atoms with Crippen molar-refractivity contribution >= 4 is 35.3 Å². The zero-order valence-electron chi connectivity index (χ0n) is 27.2. The number of aryl methyl sites for hydroxylation is 1. The van der Waals surface area contributed by atoms with E-state index >= 15 is 0 Å². The number of rotatable bonds is 7. The van der Waals surface area contributed by atoms with Crippen LogP contribution in [0.1, 0.15) is 76.3 Å². The molecule has 6 rings (SSSR count). The smallest absolute Gasteiger partial charge is 0.321 e. The predicted molar refractivity (Wildman–Crippen MR) is 172 cm³/mol.